The van der Waals surface area contributed by atoms with Crippen LogP contribution in [0.5, 0.6) is 0 Å². The van der Waals surface area contributed by atoms with E-state index in [-0.39, 0.29) is 12.3 Å². The van der Waals surface area contributed by atoms with Crippen molar-refractivity contribution >= 4 is 27.3 Å². The Morgan fingerprint density at radius 1 is 1.22 bits per heavy atom. The van der Waals surface area contributed by atoms with Crippen molar-refractivity contribution in [3.05, 3.63) is 30.0 Å². The van der Waals surface area contributed by atoms with E-state index in [0.29, 0.717) is 31.1 Å². The molecule has 2 aliphatic rings. The van der Waals surface area contributed by atoms with Crippen LogP contribution in [0.1, 0.15) is 51.8 Å². The van der Waals surface area contributed by atoms with E-state index >= 15 is 0 Å². The van der Waals surface area contributed by atoms with Crippen LogP contribution in [0.25, 0.3) is 0 Å². The number of rotatable bonds is 6. The smallest absolute Gasteiger partial charge is 0.156 e. The average molecular weight is 464 g/mol. The molecule has 2 aromatic rings. The summed E-state index contributed by atoms with van der Waals surface area (Å²) < 4.78 is 37.4. The van der Waals surface area contributed by atoms with E-state index in [1.165, 1.54) is 6.26 Å². The highest BCUT2D eigenvalue weighted by Crippen LogP contribution is 2.34. The summed E-state index contributed by atoms with van der Waals surface area (Å²) in [5.41, 5.74) is 0.686. The van der Waals surface area contributed by atoms with Crippen LogP contribution in [-0.4, -0.2) is 61.8 Å². The van der Waals surface area contributed by atoms with Crippen LogP contribution in [0, 0.1) is 0 Å². The van der Waals surface area contributed by atoms with Crippen LogP contribution in [0.2, 0.25) is 0 Å². The summed E-state index contributed by atoms with van der Waals surface area (Å²) in [4.78, 5) is 7.01. The maximum absolute atomic E-state index is 12.6. The fourth-order valence-electron chi connectivity index (χ4n) is 4.05. The molecular formula is C22H33N5O4S. The standard InChI is InChI=1S/C22H33N5O4S/c1-16-15-30-12-10-26(16)20-14-17(22(2,3)32(4,28)29)13-18(25-20)24-19-8-9-23-27(19)21-7-5-6-11-31-21/h8-9,13-14,16,21H,5-7,10-12,15H2,1-4H3,(H,24,25)/t16-,21?/m1/s1. The molecule has 0 amide bonds. The summed E-state index contributed by atoms with van der Waals surface area (Å²) in [6.07, 6.45) is 5.95. The largest absolute Gasteiger partial charge is 0.377 e. The number of anilines is 3. The van der Waals surface area contributed by atoms with E-state index in [0.717, 1.165) is 37.5 Å². The van der Waals surface area contributed by atoms with Crippen molar-refractivity contribution in [2.75, 3.05) is 42.8 Å². The Morgan fingerprint density at radius 3 is 2.72 bits per heavy atom. The molecule has 0 radical (unpaired) electrons. The van der Waals surface area contributed by atoms with Crippen LogP contribution >= 0.6 is 0 Å². The SMILES string of the molecule is C[C@@H]1COCCN1c1cc(C(C)(C)S(C)(=O)=O)cc(Nc2ccnn2C2CCCCO2)n1. The lowest BCUT2D eigenvalue weighted by atomic mass is 10.0. The van der Waals surface area contributed by atoms with Crippen LogP contribution < -0.4 is 10.2 Å². The van der Waals surface area contributed by atoms with Crippen LogP contribution in [-0.2, 0) is 24.1 Å². The monoisotopic (exact) mass is 463 g/mol. The fraction of sp³-hybridized carbons (Fsp3) is 0.636. The first kappa shape index (κ1) is 23.0. The number of aromatic nitrogens is 3. The molecule has 10 heteroatoms. The minimum absolute atomic E-state index is 0.115. The van der Waals surface area contributed by atoms with Gasteiger partial charge in [0, 0.05) is 25.5 Å². The Labute approximate surface area is 190 Å². The van der Waals surface area contributed by atoms with Crippen molar-refractivity contribution in [3.8, 4) is 0 Å². The van der Waals surface area contributed by atoms with Gasteiger partial charge in [-0.3, -0.25) is 0 Å². The van der Waals surface area contributed by atoms with Crippen molar-refractivity contribution in [1.82, 2.24) is 14.8 Å². The van der Waals surface area contributed by atoms with Crippen molar-refractivity contribution < 1.29 is 17.9 Å². The molecule has 32 heavy (non-hydrogen) atoms. The zero-order valence-corrected chi connectivity index (χ0v) is 20.1. The van der Waals surface area contributed by atoms with Crippen molar-refractivity contribution in [2.45, 2.75) is 57.1 Å². The third-order valence-electron chi connectivity index (χ3n) is 6.45. The zero-order valence-electron chi connectivity index (χ0n) is 19.2. The zero-order chi connectivity index (χ0) is 22.9. The van der Waals surface area contributed by atoms with E-state index < -0.39 is 14.6 Å². The third-order valence-corrected chi connectivity index (χ3v) is 8.54. The predicted octanol–water partition coefficient (Wildman–Crippen LogP) is 3.23. The highest BCUT2D eigenvalue weighted by atomic mass is 32.2. The van der Waals surface area contributed by atoms with E-state index in [9.17, 15) is 8.42 Å². The Balaban J connectivity index is 1.72. The van der Waals surface area contributed by atoms with Gasteiger partial charge in [0.1, 0.15) is 17.5 Å². The molecule has 0 saturated carbocycles. The molecule has 4 heterocycles. The summed E-state index contributed by atoms with van der Waals surface area (Å²) in [6, 6.07) is 5.72. The number of nitrogens with zero attached hydrogens (tertiary/aromatic N) is 4. The number of hydrogen-bond donors (Lipinski definition) is 1. The average Bonchev–Trinajstić information content (AvgIpc) is 3.21. The highest BCUT2D eigenvalue weighted by Gasteiger charge is 2.34. The third kappa shape index (κ3) is 4.62. The number of pyridine rings is 1. The molecule has 176 valence electrons. The first-order valence-corrected chi connectivity index (χ1v) is 13.0. The molecule has 0 aliphatic carbocycles. The molecule has 2 fully saturated rings. The molecular weight excluding hydrogens is 430 g/mol. The Hall–Kier alpha value is -2.17. The maximum atomic E-state index is 12.6. The molecule has 2 atom stereocenters. The van der Waals surface area contributed by atoms with Crippen molar-refractivity contribution in [1.29, 1.82) is 0 Å². The van der Waals surface area contributed by atoms with E-state index in [1.807, 2.05) is 22.9 Å². The lowest BCUT2D eigenvalue weighted by Gasteiger charge is -2.35. The summed E-state index contributed by atoms with van der Waals surface area (Å²) in [5, 5.41) is 7.81. The molecule has 2 aromatic heterocycles. The summed E-state index contributed by atoms with van der Waals surface area (Å²) >= 11 is 0. The van der Waals surface area contributed by atoms with Gasteiger partial charge in [0.05, 0.1) is 30.2 Å². The van der Waals surface area contributed by atoms with Gasteiger partial charge in [0.15, 0.2) is 16.1 Å². The van der Waals surface area contributed by atoms with Gasteiger partial charge in [-0.05, 0) is 57.7 Å². The molecule has 0 spiro atoms. The van der Waals surface area contributed by atoms with E-state index in [4.69, 9.17) is 14.5 Å². The topological polar surface area (TPSA) is 98.6 Å². The van der Waals surface area contributed by atoms with Crippen molar-refractivity contribution in [2.24, 2.45) is 0 Å². The predicted molar refractivity (Wildman–Crippen MR) is 124 cm³/mol. The molecule has 9 nitrogen and oxygen atoms in total. The molecule has 2 aliphatic heterocycles. The second-order valence-corrected chi connectivity index (χ2v) is 11.7. The molecule has 1 N–H and O–H groups in total. The second kappa shape index (κ2) is 8.99. The Kier molecular flexibility index (Phi) is 6.46. The van der Waals surface area contributed by atoms with Crippen molar-refractivity contribution in [3.63, 3.8) is 0 Å². The van der Waals surface area contributed by atoms with Crippen LogP contribution in [0.4, 0.5) is 17.5 Å². The molecule has 1 unspecified atom stereocenters. The van der Waals surface area contributed by atoms with Gasteiger partial charge in [-0.1, -0.05) is 0 Å². The minimum Gasteiger partial charge on any atom is -0.377 e. The van der Waals surface area contributed by atoms with Gasteiger partial charge >= 0.3 is 0 Å². The Morgan fingerprint density at radius 2 is 2.03 bits per heavy atom. The summed E-state index contributed by atoms with van der Waals surface area (Å²) in [5.74, 6) is 2.07. The van der Waals surface area contributed by atoms with Gasteiger partial charge in [-0.15, -0.1) is 0 Å². The quantitative estimate of drug-likeness (QED) is 0.697. The van der Waals surface area contributed by atoms with Crippen LogP contribution in [0.3, 0.4) is 0 Å². The molecule has 4 rings (SSSR count). The number of sulfone groups is 1. The fourth-order valence-corrected chi connectivity index (χ4v) is 4.59. The van der Waals surface area contributed by atoms with Crippen LogP contribution in [0.15, 0.2) is 24.4 Å². The number of morpholine rings is 1. The second-order valence-electron chi connectivity index (χ2n) is 9.11. The number of ether oxygens (including phenoxy) is 2. The van der Waals surface area contributed by atoms with Gasteiger partial charge in [0.2, 0.25) is 0 Å². The van der Waals surface area contributed by atoms with E-state index in [2.05, 4.69) is 22.2 Å². The lowest BCUT2D eigenvalue weighted by Crippen LogP contribution is -2.44. The number of nitrogens with one attached hydrogen (secondary N) is 1. The van der Waals surface area contributed by atoms with Gasteiger partial charge in [-0.25, -0.2) is 18.1 Å². The first-order chi connectivity index (χ1) is 15.2. The lowest BCUT2D eigenvalue weighted by molar-refractivity contribution is -0.0380. The normalized spacial score (nSPS) is 22.7. The number of hydrogen-bond acceptors (Lipinski definition) is 8. The highest BCUT2D eigenvalue weighted by molar-refractivity contribution is 7.91. The van der Waals surface area contributed by atoms with Gasteiger partial charge in [-0.2, -0.15) is 5.10 Å². The van der Waals surface area contributed by atoms with E-state index in [1.54, 1.807) is 20.0 Å². The summed E-state index contributed by atoms with van der Waals surface area (Å²) in [6.45, 7) is 8.18. The molecule has 2 saturated heterocycles. The van der Waals surface area contributed by atoms with Gasteiger partial charge < -0.3 is 19.7 Å². The van der Waals surface area contributed by atoms with Gasteiger partial charge in [0.25, 0.3) is 0 Å². The molecule has 0 aromatic carbocycles. The minimum atomic E-state index is -3.36. The first-order valence-electron chi connectivity index (χ1n) is 11.2. The summed E-state index contributed by atoms with van der Waals surface area (Å²) in [7, 11) is -3.36. The maximum Gasteiger partial charge on any atom is 0.156 e. The Bertz CT molecular complexity index is 1050. The molecule has 0 bridgehead atoms.